The number of methoxy groups -OCH3 is 1. The van der Waals surface area contributed by atoms with Crippen LogP contribution >= 0.6 is 36.6 Å². The van der Waals surface area contributed by atoms with Crippen LogP contribution in [0.15, 0.2) is 0 Å². The zero-order valence-corrected chi connectivity index (χ0v) is 9.75. The first-order valence-corrected chi connectivity index (χ1v) is 5.85. The van der Waals surface area contributed by atoms with E-state index >= 15 is 0 Å². The maximum absolute atomic E-state index is 11.3. The lowest BCUT2D eigenvalue weighted by Crippen LogP contribution is -2.41. The van der Waals surface area contributed by atoms with Crippen LogP contribution in [0.25, 0.3) is 0 Å². The fraction of sp³-hybridized carbons (Fsp3) is 0.714. The molecule has 0 radical (unpaired) electrons. The highest BCUT2D eigenvalue weighted by molar-refractivity contribution is 8.23. The van der Waals surface area contributed by atoms with Crippen molar-refractivity contribution >= 4 is 46.9 Å². The molecule has 1 aliphatic rings. The zero-order chi connectivity index (χ0) is 9.84. The molecule has 0 saturated carbocycles. The molecule has 0 bridgehead atoms. The number of thioether (sulfide) groups is 1. The number of nitrogens with zero attached hydrogens (tertiary/aromatic N) is 1. The minimum absolute atomic E-state index is 0.213. The summed E-state index contributed by atoms with van der Waals surface area (Å²) in [6.07, 6.45) is 0. The number of ether oxygens (including phenoxy) is 1. The number of carbonyl (C=O) groups excluding carboxylic acids is 1. The number of hydrogen-bond donors (Lipinski definition) is 1. The minimum Gasteiger partial charge on any atom is -0.467 e. The molecule has 1 heterocycles. The Bertz CT molecular complexity index is 222. The average Bonchev–Trinajstić information content (AvgIpc) is 2.48. The van der Waals surface area contributed by atoms with E-state index < -0.39 is 0 Å². The minimum atomic E-state index is -0.214. The summed E-state index contributed by atoms with van der Waals surface area (Å²) in [6.45, 7) is 0.703. The van der Waals surface area contributed by atoms with E-state index in [0.29, 0.717) is 18.1 Å². The molecule has 1 rings (SSSR count). The number of rotatable bonds is 3. The van der Waals surface area contributed by atoms with Crippen molar-refractivity contribution in [1.29, 1.82) is 0 Å². The molecule has 0 N–H and O–H groups in total. The Morgan fingerprint density at radius 2 is 2.62 bits per heavy atom. The lowest BCUT2D eigenvalue weighted by atomic mass is 10.3. The molecule has 0 aromatic carbocycles. The van der Waals surface area contributed by atoms with E-state index in [1.54, 1.807) is 0 Å². The highest BCUT2D eigenvalue weighted by atomic mass is 32.2. The van der Waals surface area contributed by atoms with Crippen molar-refractivity contribution in [3.05, 3.63) is 0 Å². The summed E-state index contributed by atoms with van der Waals surface area (Å²) >= 11 is 10.7. The van der Waals surface area contributed by atoms with Gasteiger partial charge in [-0.3, -0.25) is 0 Å². The number of hydrogen-bond acceptors (Lipinski definition) is 5. The largest absolute Gasteiger partial charge is 0.467 e. The second-order valence-electron chi connectivity index (χ2n) is 2.53. The summed E-state index contributed by atoms with van der Waals surface area (Å²) < 4.78 is 5.45. The quantitative estimate of drug-likeness (QED) is 0.445. The predicted molar refractivity (Wildman–Crippen MR) is 61.4 cm³/mol. The topological polar surface area (TPSA) is 29.5 Å². The Balaban J connectivity index is 2.63. The Morgan fingerprint density at radius 3 is 3.15 bits per heavy atom. The van der Waals surface area contributed by atoms with Crippen molar-refractivity contribution in [2.45, 2.75) is 6.04 Å². The molecular weight excluding hydrogens is 226 g/mol. The average molecular weight is 237 g/mol. The summed E-state index contributed by atoms with van der Waals surface area (Å²) in [7, 11) is 1.40. The van der Waals surface area contributed by atoms with Crippen molar-refractivity contribution in [3.8, 4) is 0 Å². The summed E-state index contributed by atoms with van der Waals surface area (Å²) in [5.41, 5.74) is 0. The van der Waals surface area contributed by atoms with Crippen molar-refractivity contribution in [2.75, 3.05) is 25.2 Å². The van der Waals surface area contributed by atoms with Crippen molar-refractivity contribution in [3.63, 3.8) is 0 Å². The summed E-state index contributed by atoms with van der Waals surface area (Å²) in [5.74, 6) is 1.17. The van der Waals surface area contributed by atoms with E-state index in [-0.39, 0.29) is 12.0 Å². The summed E-state index contributed by atoms with van der Waals surface area (Å²) in [6, 6.07) is -0.213. The number of esters is 1. The molecule has 0 aliphatic carbocycles. The fourth-order valence-corrected chi connectivity index (χ4v) is 2.78. The van der Waals surface area contributed by atoms with Crippen molar-refractivity contribution < 1.29 is 9.53 Å². The van der Waals surface area contributed by atoms with Crippen LogP contribution in [0.1, 0.15) is 0 Å². The van der Waals surface area contributed by atoms with E-state index in [0.717, 1.165) is 4.32 Å². The van der Waals surface area contributed by atoms with Crippen LogP contribution in [0.4, 0.5) is 0 Å². The van der Waals surface area contributed by atoms with E-state index in [9.17, 15) is 4.79 Å². The van der Waals surface area contributed by atoms with Crippen LogP contribution in [0.5, 0.6) is 0 Å². The lowest BCUT2D eigenvalue weighted by Gasteiger charge is -2.22. The molecule has 6 heteroatoms. The maximum atomic E-state index is 11.3. The number of carbonyl (C=O) groups is 1. The third-order valence-electron chi connectivity index (χ3n) is 1.79. The molecule has 0 unspecified atom stereocenters. The molecular formula is C7H11NO2S3. The zero-order valence-electron chi connectivity index (χ0n) is 7.23. The molecule has 74 valence electrons. The van der Waals surface area contributed by atoms with Gasteiger partial charge in [-0.1, -0.05) is 24.0 Å². The molecule has 1 atom stereocenters. The Morgan fingerprint density at radius 1 is 1.92 bits per heavy atom. The van der Waals surface area contributed by atoms with Crippen LogP contribution in [-0.4, -0.2) is 46.4 Å². The van der Waals surface area contributed by atoms with Gasteiger partial charge < -0.3 is 9.64 Å². The number of thiol groups is 1. The van der Waals surface area contributed by atoms with Crippen molar-refractivity contribution in [2.24, 2.45) is 0 Å². The lowest BCUT2D eigenvalue weighted by molar-refractivity contribution is -0.144. The smallest absolute Gasteiger partial charge is 0.329 e. The summed E-state index contributed by atoms with van der Waals surface area (Å²) in [5, 5.41) is 0. The molecule has 1 saturated heterocycles. The van der Waals surface area contributed by atoms with Gasteiger partial charge in [0.15, 0.2) is 0 Å². The van der Waals surface area contributed by atoms with E-state index in [4.69, 9.17) is 12.2 Å². The highest BCUT2D eigenvalue weighted by Crippen LogP contribution is 2.24. The van der Waals surface area contributed by atoms with Crippen LogP contribution in [0, 0.1) is 0 Å². The fourth-order valence-electron chi connectivity index (χ4n) is 1.14. The van der Waals surface area contributed by atoms with Gasteiger partial charge in [0.2, 0.25) is 0 Å². The second-order valence-corrected chi connectivity index (χ2v) is 4.63. The van der Waals surface area contributed by atoms with Crippen LogP contribution in [0.3, 0.4) is 0 Å². The van der Waals surface area contributed by atoms with Crippen LogP contribution < -0.4 is 0 Å². The molecule has 0 aromatic rings. The van der Waals surface area contributed by atoms with Gasteiger partial charge in [-0.25, -0.2) is 4.79 Å². The van der Waals surface area contributed by atoms with E-state index in [1.807, 2.05) is 4.90 Å². The third-order valence-corrected chi connectivity index (χ3v) is 3.54. The van der Waals surface area contributed by atoms with Gasteiger partial charge in [0.05, 0.1) is 7.11 Å². The molecule has 1 aliphatic heterocycles. The van der Waals surface area contributed by atoms with E-state index in [2.05, 4.69) is 17.4 Å². The Kier molecular flexibility index (Phi) is 4.34. The SMILES string of the molecule is COC(=O)[C@@H]1CSC(=S)N1CCS. The van der Waals surface area contributed by atoms with Gasteiger partial charge in [-0.05, 0) is 0 Å². The maximum Gasteiger partial charge on any atom is 0.329 e. The Labute approximate surface area is 92.6 Å². The van der Waals surface area contributed by atoms with Crippen LogP contribution in [-0.2, 0) is 9.53 Å². The van der Waals surface area contributed by atoms with Crippen molar-refractivity contribution in [1.82, 2.24) is 4.90 Å². The monoisotopic (exact) mass is 237 g/mol. The molecule has 0 aromatic heterocycles. The normalized spacial score (nSPS) is 22.2. The van der Waals surface area contributed by atoms with Gasteiger partial charge in [-0.2, -0.15) is 12.6 Å². The third kappa shape index (κ3) is 2.51. The highest BCUT2D eigenvalue weighted by Gasteiger charge is 2.34. The number of thiocarbonyl (C=S) groups is 1. The standard InChI is InChI=1S/C7H11NO2S3/c1-10-6(9)5-4-13-7(12)8(5)2-3-11/h5,11H,2-4H2,1H3/t5-/m0/s1. The van der Waals surface area contributed by atoms with E-state index in [1.165, 1.54) is 18.9 Å². The predicted octanol–water partition coefficient (Wildman–Crippen LogP) is 0.791. The van der Waals surface area contributed by atoms with Gasteiger partial charge in [0, 0.05) is 18.1 Å². The molecule has 3 nitrogen and oxygen atoms in total. The summed E-state index contributed by atoms with van der Waals surface area (Å²) in [4.78, 5) is 13.2. The molecule has 13 heavy (non-hydrogen) atoms. The van der Waals surface area contributed by atoms with Crippen LogP contribution in [0.2, 0.25) is 0 Å². The van der Waals surface area contributed by atoms with Gasteiger partial charge in [0.25, 0.3) is 0 Å². The molecule has 1 fully saturated rings. The second kappa shape index (κ2) is 5.07. The first-order chi connectivity index (χ1) is 6.20. The molecule has 0 spiro atoms. The first kappa shape index (κ1) is 11.1. The first-order valence-electron chi connectivity index (χ1n) is 3.82. The van der Waals surface area contributed by atoms with Gasteiger partial charge >= 0.3 is 5.97 Å². The van der Waals surface area contributed by atoms with Gasteiger partial charge in [-0.15, -0.1) is 0 Å². The Hall–Kier alpha value is 0.0600. The molecule has 0 amide bonds. The van der Waals surface area contributed by atoms with Gasteiger partial charge in [0.1, 0.15) is 10.4 Å².